The van der Waals surface area contributed by atoms with Crippen molar-refractivity contribution in [1.82, 2.24) is 0 Å². The van der Waals surface area contributed by atoms with Gasteiger partial charge in [-0.15, -0.1) is 0 Å². The summed E-state index contributed by atoms with van der Waals surface area (Å²) in [6.45, 7) is 6.13. The van der Waals surface area contributed by atoms with Crippen LogP contribution in [0.4, 0.5) is 0 Å². The largest absolute Gasteiger partial charge is 0.488 e. The van der Waals surface area contributed by atoms with E-state index >= 15 is 0 Å². The zero-order chi connectivity index (χ0) is 12.3. The van der Waals surface area contributed by atoms with Gasteiger partial charge in [-0.25, -0.2) is 0 Å². The Balaban J connectivity index is 3.11. The highest BCUT2D eigenvalue weighted by molar-refractivity contribution is 6.61. The van der Waals surface area contributed by atoms with Crippen molar-refractivity contribution in [2.45, 2.75) is 26.1 Å². The van der Waals surface area contributed by atoms with Crippen molar-refractivity contribution in [2.24, 2.45) is 0 Å². The lowest BCUT2D eigenvalue weighted by Crippen LogP contribution is -2.35. The molecule has 81 valence electrons. The van der Waals surface area contributed by atoms with E-state index < -0.39 is 7.12 Å². The predicted octanol–water partition coefficient (Wildman–Crippen LogP) is -0.214. The Labute approximate surface area is 97.1 Å². The molecule has 3 nitrogen and oxygen atoms in total. The molecule has 0 heterocycles. The second-order valence-electron chi connectivity index (χ2n) is 4.88. The molecule has 0 atom stereocenters. The van der Waals surface area contributed by atoms with E-state index in [9.17, 15) is 0 Å². The first-order valence-corrected chi connectivity index (χ1v) is 5.09. The molecule has 0 fully saturated rings. The lowest BCUT2D eigenvalue weighted by Gasteiger charge is -2.17. The minimum atomic E-state index is -1.54. The Morgan fingerprint density at radius 3 is 2.31 bits per heavy atom. The molecule has 2 N–H and O–H groups in total. The first-order valence-electron chi connectivity index (χ1n) is 5.09. The van der Waals surface area contributed by atoms with Crippen LogP contribution in [0.25, 0.3) is 0 Å². The predicted molar refractivity (Wildman–Crippen MR) is 66.1 cm³/mol. The number of nitrogens with zero attached hydrogens (tertiary/aromatic N) is 1. The van der Waals surface area contributed by atoms with Crippen LogP contribution >= 0.6 is 0 Å². The molecule has 0 amide bonds. The molecule has 16 heavy (non-hydrogen) atoms. The zero-order valence-electron chi connectivity index (χ0n) is 9.73. The van der Waals surface area contributed by atoms with Gasteiger partial charge in [0, 0.05) is 0 Å². The molecule has 0 aliphatic rings. The van der Waals surface area contributed by atoms with Gasteiger partial charge in [-0.2, -0.15) is 5.26 Å². The summed E-state index contributed by atoms with van der Waals surface area (Å²) in [5, 5.41) is 27.0. The Hall–Kier alpha value is -1.24. The number of benzene rings is 1. The molecule has 0 bridgehead atoms. The van der Waals surface area contributed by atoms with E-state index in [1.807, 2.05) is 34.1 Å². The first-order chi connectivity index (χ1) is 7.31. The highest BCUT2D eigenvalue weighted by Crippen LogP contribution is 2.19. The summed E-state index contributed by atoms with van der Waals surface area (Å²) < 4.78 is 0. The fourth-order valence-electron chi connectivity index (χ4n) is 1.47. The molecule has 0 unspecified atom stereocenters. The van der Waals surface area contributed by atoms with Crippen molar-refractivity contribution in [3.05, 3.63) is 23.8 Å². The van der Waals surface area contributed by atoms with Gasteiger partial charge in [0.2, 0.25) is 0 Å². The van der Waals surface area contributed by atoms with Crippen LogP contribution in [0.5, 0.6) is 0 Å². The molecule has 0 aliphatic carbocycles. The highest BCUT2D eigenvalue weighted by atomic mass is 16.4. The van der Waals surface area contributed by atoms with Crippen LogP contribution in [-0.2, 0) is 0 Å². The summed E-state index contributed by atoms with van der Waals surface area (Å²) >= 11 is 0. The summed E-state index contributed by atoms with van der Waals surface area (Å²) in [6, 6.07) is 6.89. The number of rotatable bonds is 2. The lowest BCUT2D eigenvalue weighted by atomic mass is 9.50. The third-order valence-electron chi connectivity index (χ3n) is 2.00. The van der Waals surface area contributed by atoms with Gasteiger partial charge in [-0.1, -0.05) is 43.7 Å². The molecule has 0 spiro atoms. The average Bonchev–Trinajstić information content (AvgIpc) is 2.14. The number of hydrogen-bond acceptors (Lipinski definition) is 3. The van der Waals surface area contributed by atoms with Gasteiger partial charge in [-0.3, -0.25) is 0 Å². The van der Waals surface area contributed by atoms with Crippen LogP contribution in [0.15, 0.2) is 18.2 Å². The Morgan fingerprint density at radius 1 is 1.25 bits per heavy atom. The average molecular weight is 214 g/mol. The summed E-state index contributed by atoms with van der Waals surface area (Å²) in [5.74, 6) is 0. The standard InChI is InChI=1S/C11H14B2NO2/c1-11(2,3)12-9-4-8(7-14)5-10(6-9)13(15)16/h4-6,15-16H,1-3H3. The second kappa shape index (κ2) is 4.73. The quantitative estimate of drug-likeness (QED) is 0.669. The van der Waals surface area contributed by atoms with Crippen LogP contribution in [0, 0.1) is 11.3 Å². The minimum Gasteiger partial charge on any atom is -0.423 e. The fourth-order valence-corrected chi connectivity index (χ4v) is 1.47. The summed E-state index contributed by atoms with van der Waals surface area (Å²) in [6.07, 6.45) is 0. The molecular formula is C11H14B2NO2. The van der Waals surface area contributed by atoms with Crippen LogP contribution in [0.2, 0.25) is 5.31 Å². The van der Waals surface area contributed by atoms with Crippen LogP contribution in [0.3, 0.4) is 0 Å². The van der Waals surface area contributed by atoms with Gasteiger partial charge < -0.3 is 10.0 Å². The maximum Gasteiger partial charge on any atom is 0.488 e. The fraction of sp³-hybridized carbons (Fsp3) is 0.364. The molecule has 1 radical (unpaired) electrons. The van der Waals surface area contributed by atoms with Gasteiger partial charge in [0.15, 0.2) is 7.28 Å². The topological polar surface area (TPSA) is 64.2 Å². The van der Waals surface area contributed by atoms with E-state index in [1.165, 1.54) is 6.07 Å². The van der Waals surface area contributed by atoms with Gasteiger partial charge in [0.05, 0.1) is 11.6 Å². The number of nitriles is 1. The van der Waals surface area contributed by atoms with Crippen molar-refractivity contribution < 1.29 is 10.0 Å². The van der Waals surface area contributed by atoms with Gasteiger partial charge in [0.25, 0.3) is 0 Å². The smallest absolute Gasteiger partial charge is 0.423 e. The van der Waals surface area contributed by atoms with Crippen molar-refractivity contribution in [3.63, 3.8) is 0 Å². The van der Waals surface area contributed by atoms with Gasteiger partial charge in [-0.05, 0) is 11.5 Å². The van der Waals surface area contributed by atoms with E-state index in [0.29, 0.717) is 11.0 Å². The first kappa shape index (κ1) is 12.8. The van der Waals surface area contributed by atoms with Crippen molar-refractivity contribution in [1.29, 1.82) is 5.26 Å². The lowest BCUT2D eigenvalue weighted by molar-refractivity contribution is 0.426. The Morgan fingerprint density at radius 2 is 1.88 bits per heavy atom. The van der Waals surface area contributed by atoms with Crippen molar-refractivity contribution in [3.8, 4) is 6.07 Å². The second-order valence-corrected chi connectivity index (χ2v) is 4.88. The summed E-state index contributed by atoms with van der Waals surface area (Å²) in [4.78, 5) is 0. The SMILES string of the molecule is CC(C)(C)[B]c1cc(C#N)cc(B(O)O)c1. The summed E-state index contributed by atoms with van der Waals surface area (Å²) in [5.41, 5.74) is 1.60. The van der Waals surface area contributed by atoms with E-state index in [0.717, 1.165) is 5.46 Å². The molecule has 1 rings (SSSR count). The number of hydrogen-bond donors (Lipinski definition) is 2. The van der Waals surface area contributed by atoms with Gasteiger partial charge >= 0.3 is 7.12 Å². The van der Waals surface area contributed by atoms with E-state index in [2.05, 4.69) is 0 Å². The van der Waals surface area contributed by atoms with Crippen LogP contribution in [0.1, 0.15) is 26.3 Å². The van der Waals surface area contributed by atoms with E-state index in [4.69, 9.17) is 15.3 Å². The van der Waals surface area contributed by atoms with E-state index in [-0.39, 0.29) is 5.31 Å². The molecule has 5 heteroatoms. The maximum absolute atomic E-state index is 9.10. The maximum atomic E-state index is 9.10. The molecule has 1 aromatic carbocycles. The molecule has 1 aromatic rings. The van der Waals surface area contributed by atoms with Crippen molar-refractivity contribution in [2.75, 3.05) is 0 Å². The van der Waals surface area contributed by atoms with Gasteiger partial charge in [0.1, 0.15) is 0 Å². The Bertz CT molecular complexity index is 419. The normalized spacial score (nSPS) is 10.8. The monoisotopic (exact) mass is 214 g/mol. The third-order valence-corrected chi connectivity index (χ3v) is 2.00. The van der Waals surface area contributed by atoms with E-state index in [1.54, 1.807) is 12.1 Å². The zero-order valence-corrected chi connectivity index (χ0v) is 9.73. The molecular weight excluding hydrogens is 200 g/mol. The molecule has 0 saturated heterocycles. The Kier molecular flexibility index (Phi) is 3.79. The molecule has 0 aliphatic heterocycles. The summed E-state index contributed by atoms with van der Waals surface area (Å²) in [7, 11) is 0.445. The van der Waals surface area contributed by atoms with Crippen LogP contribution < -0.4 is 10.9 Å². The highest BCUT2D eigenvalue weighted by Gasteiger charge is 2.17. The third kappa shape index (κ3) is 3.73. The molecule has 0 saturated carbocycles. The minimum absolute atomic E-state index is 0.0221. The molecule has 0 aromatic heterocycles. The van der Waals surface area contributed by atoms with Crippen molar-refractivity contribution >= 4 is 25.3 Å². The van der Waals surface area contributed by atoms with Crippen LogP contribution in [-0.4, -0.2) is 24.4 Å².